The minimum absolute atomic E-state index is 0.441. The number of nitrogens with zero attached hydrogens (tertiary/aromatic N) is 2. The molecule has 3 nitrogen and oxygen atoms in total. The normalized spacial score (nSPS) is 10.1. The van der Waals surface area contributed by atoms with E-state index in [9.17, 15) is 0 Å². The first-order chi connectivity index (χ1) is 7.74. The Morgan fingerprint density at radius 2 is 1.88 bits per heavy atom. The van der Waals surface area contributed by atoms with E-state index in [-0.39, 0.29) is 0 Å². The molecule has 16 heavy (non-hydrogen) atoms. The van der Waals surface area contributed by atoms with Gasteiger partial charge in [-0.15, -0.1) is 0 Å². The average molecular weight is 344 g/mol. The minimum Gasteiger partial charge on any atom is -0.486 e. The van der Waals surface area contributed by atoms with Crippen LogP contribution in [0.5, 0.6) is 5.75 Å². The Bertz CT molecular complexity index is 411. The lowest BCUT2D eigenvalue weighted by Gasteiger charge is -2.04. The van der Waals surface area contributed by atoms with Gasteiger partial charge >= 0.3 is 0 Å². The van der Waals surface area contributed by atoms with Gasteiger partial charge in [0.25, 0.3) is 0 Å². The maximum Gasteiger partial charge on any atom is 0.138 e. The molecule has 0 saturated carbocycles. The van der Waals surface area contributed by atoms with Gasteiger partial charge in [0.2, 0.25) is 0 Å². The van der Waals surface area contributed by atoms with Crippen LogP contribution in [0.25, 0.3) is 0 Å². The second-order valence-electron chi connectivity index (χ2n) is 3.07. The molecule has 2 heterocycles. The third-order valence-corrected chi connectivity index (χ3v) is 2.81. The van der Waals surface area contributed by atoms with Crippen LogP contribution in [-0.4, -0.2) is 9.97 Å². The van der Waals surface area contributed by atoms with Crippen LogP contribution in [0.2, 0.25) is 0 Å². The predicted octanol–water partition coefficient (Wildman–Crippen LogP) is 3.58. The minimum atomic E-state index is 0.441. The Morgan fingerprint density at radius 3 is 2.50 bits per heavy atom. The number of pyridine rings is 2. The topological polar surface area (TPSA) is 35.0 Å². The first-order valence-electron chi connectivity index (χ1n) is 4.59. The van der Waals surface area contributed by atoms with Crippen LogP contribution in [0, 0.1) is 0 Å². The van der Waals surface area contributed by atoms with E-state index >= 15 is 0 Å². The lowest BCUT2D eigenvalue weighted by Crippen LogP contribution is -1.97. The molecule has 0 aliphatic carbocycles. The number of hydrogen-bond acceptors (Lipinski definition) is 3. The first kappa shape index (κ1) is 11.5. The van der Waals surface area contributed by atoms with Crippen LogP contribution in [0.1, 0.15) is 5.69 Å². The van der Waals surface area contributed by atoms with Crippen molar-refractivity contribution in [2.45, 2.75) is 6.61 Å². The molecule has 5 heteroatoms. The highest BCUT2D eigenvalue weighted by Crippen LogP contribution is 2.14. The summed E-state index contributed by atoms with van der Waals surface area (Å²) in [5.74, 6) is 0.730. The van der Waals surface area contributed by atoms with Crippen LogP contribution in [0.3, 0.4) is 0 Å². The van der Waals surface area contributed by atoms with Crippen LogP contribution >= 0.6 is 31.9 Å². The molecule has 0 bridgehead atoms. The molecule has 2 aromatic rings. The van der Waals surface area contributed by atoms with Crippen molar-refractivity contribution in [2.75, 3.05) is 0 Å². The van der Waals surface area contributed by atoms with Crippen LogP contribution in [-0.2, 0) is 6.61 Å². The number of rotatable bonds is 3. The van der Waals surface area contributed by atoms with Crippen molar-refractivity contribution in [1.29, 1.82) is 0 Å². The first-order valence-corrected chi connectivity index (χ1v) is 6.17. The summed E-state index contributed by atoms with van der Waals surface area (Å²) in [6, 6.07) is 7.54. The monoisotopic (exact) mass is 342 g/mol. The van der Waals surface area contributed by atoms with Gasteiger partial charge in [-0.3, -0.25) is 4.98 Å². The third kappa shape index (κ3) is 3.28. The highest BCUT2D eigenvalue weighted by Gasteiger charge is 1.97. The van der Waals surface area contributed by atoms with Gasteiger partial charge in [0.05, 0.1) is 11.9 Å². The van der Waals surface area contributed by atoms with E-state index < -0.39 is 0 Å². The van der Waals surface area contributed by atoms with Crippen molar-refractivity contribution in [2.24, 2.45) is 0 Å². The average Bonchev–Trinajstić information content (AvgIpc) is 2.30. The molecule has 0 fully saturated rings. The zero-order chi connectivity index (χ0) is 11.4. The molecular formula is C11H8Br2N2O. The summed E-state index contributed by atoms with van der Waals surface area (Å²) in [7, 11) is 0. The summed E-state index contributed by atoms with van der Waals surface area (Å²) in [5, 5.41) is 0. The highest BCUT2D eigenvalue weighted by atomic mass is 79.9. The summed E-state index contributed by atoms with van der Waals surface area (Å²) in [4.78, 5) is 8.28. The lowest BCUT2D eigenvalue weighted by atomic mass is 10.4. The van der Waals surface area contributed by atoms with Gasteiger partial charge < -0.3 is 4.74 Å². The number of aromatic nitrogens is 2. The van der Waals surface area contributed by atoms with Crippen molar-refractivity contribution in [3.05, 3.63) is 51.4 Å². The molecule has 82 valence electrons. The summed E-state index contributed by atoms with van der Waals surface area (Å²) in [6.07, 6.45) is 3.42. The Balaban J connectivity index is 1.97. The molecule has 0 amide bonds. The molecule has 0 saturated heterocycles. The fraction of sp³-hybridized carbons (Fsp3) is 0.0909. The summed E-state index contributed by atoms with van der Waals surface area (Å²) >= 11 is 6.60. The van der Waals surface area contributed by atoms with E-state index in [1.165, 1.54) is 0 Å². The zero-order valence-electron chi connectivity index (χ0n) is 8.23. The number of hydrogen-bond donors (Lipinski definition) is 0. The smallest absolute Gasteiger partial charge is 0.138 e. The lowest BCUT2D eigenvalue weighted by molar-refractivity contribution is 0.300. The van der Waals surface area contributed by atoms with Gasteiger partial charge in [-0.25, -0.2) is 4.98 Å². The van der Waals surface area contributed by atoms with E-state index in [0.717, 1.165) is 20.5 Å². The maximum atomic E-state index is 5.53. The quantitative estimate of drug-likeness (QED) is 0.799. The Kier molecular flexibility index (Phi) is 3.90. The van der Waals surface area contributed by atoms with Crippen molar-refractivity contribution in [3.8, 4) is 5.75 Å². The number of halogens is 2. The molecule has 0 aliphatic rings. The molecule has 0 N–H and O–H groups in total. The van der Waals surface area contributed by atoms with E-state index in [1.54, 1.807) is 12.4 Å². The van der Waals surface area contributed by atoms with E-state index in [0.29, 0.717) is 6.61 Å². The van der Waals surface area contributed by atoms with Crippen molar-refractivity contribution in [1.82, 2.24) is 9.97 Å². The second kappa shape index (κ2) is 5.41. The number of ether oxygens (including phenoxy) is 1. The Hall–Kier alpha value is -0.940. The zero-order valence-corrected chi connectivity index (χ0v) is 11.4. The standard InChI is InChI=1S/C11H8Br2N2O/c12-8-1-2-9(14-5-8)7-16-10-3-4-11(13)15-6-10/h1-6H,7H2. The van der Waals surface area contributed by atoms with Crippen molar-refractivity contribution >= 4 is 31.9 Å². The van der Waals surface area contributed by atoms with Crippen LogP contribution in [0.4, 0.5) is 0 Å². The van der Waals surface area contributed by atoms with Gasteiger partial charge in [-0.05, 0) is 56.1 Å². The molecule has 0 unspecified atom stereocenters. The molecule has 0 radical (unpaired) electrons. The van der Waals surface area contributed by atoms with E-state index in [2.05, 4.69) is 41.8 Å². The SMILES string of the molecule is Brc1ccc(COc2ccc(Br)nc2)nc1. The van der Waals surface area contributed by atoms with Crippen LogP contribution in [0.15, 0.2) is 45.7 Å². The highest BCUT2D eigenvalue weighted by molar-refractivity contribution is 9.10. The van der Waals surface area contributed by atoms with Gasteiger partial charge in [0, 0.05) is 10.7 Å². The molecule has 0 aliphatic heterocycles. The summed E-state index contributed by atoms with van der Waals surface area (Å²) in [5.41, 5.74) is 0.881. The Labute approximate surface area is 110 Å². The Morgan fingerprint density at radius 1 is 1.00 bits per heavy atom. The van der Waals surface area contributed by atoms with E-state index in [4.69, 9.17) is 4.74 Å². The summed E-state index contributed by atoms with van der Waals surface area (Å²) < 4.78 is 7.28. The predicted molar refractivity (Wildman–Crippen MR) is 68.2 cm³/mol. The molecule has 2 rings (SSSR count). The van der Waals surface area contributed by atoms with E-state index in [1.807, 2.05) is 24.3 Å². The summed E-state index contributed by atoms with van der Waals surface area (Å²) in [6.45, 7) is 0.441. The molecule has 0 spiro atoms. The second-order valence-corrected chi connectivity index (χ2v) is 4.80. The third-order valence-electron chi connectivity index (χ3n) is 1.88. The fourth-order valence-electron chi connectivity index (χ4n) is 1.10. The molecule has 0 aromatic carbocycles. The van der Waals surface area contributed by atoms with Gasteiger partial charge in [0.1, 0.15) is 17.0 Å². The molecular weight excluding hydrogens is 336 g/mol. The van der Waals surface area contributed by atoms with Gasteiger partial charge in [-0.2, -0.15) is 0 Å². The fourth-order valence-corrected chi connectivity index (χ4v) is 1.57. The molecule has 0 atom stereocenters. The van der Waals surface area contributed by atoms with Gasteiger partial charge in [-0.1, -0.05) is 0 Å². The van der Waals surface area contributed by atoms with Crippen LogP contribution < -0.4 is 4.74 Å². The van der Waals surface area contributed by atoms with Crippen molar-refractivity contribution < 1.29 is 4.74 Å². The van der Waals surface area contributed by atoms with Crippen molar-refractivity contribution in [3.63, 3.8) is 0 Å². The maximum absolute atomic E-state index is 5.53. The largest absolute Gasteiger partial charge is 0.486 e. The van der Waals surface area contributed by atoms with Gasteiger partial charge in [0.15, 0.2) is 0 Å². The molecule has 2 aromatic heterocycles.